The lowest BCUT2D eigenvalue weighted by atomic mass is 10.1. The highest BCUT2D eigenvalue weighted by atomic mass is 35.5. The number of carbonyl (C=O) groups is 1. The molecule has 3 aromatic rings. The first-order valence-electron chi connectivity index (χ1n) is 7.79. The van der Waals surface area contributed by atoms with Crippen LogP contribution in [0.15, 0.2) is 65.0 Å². The van der Waals surface area contributed by atoms with Crippen molar-refractivity contribution in [2.24, 2.45) is 0 Å². The summed E-state index contributed by atoms with van der Waals surface area (Å²) in [4.78, 5) is 12.4. The molecule has 2 heterocycles. The largest absolute Gasteiger partial charge is 0.489 e. The van der Waals surface area contributed by atoms with E-state index in [0.717, 1.165) is 5.56 Å². The van der Waals surface area contributed by atoms with Crippen LogP contribution in [0.2, 0.25) is 10.0 Å². The third-order valence-corrected chi connectivity index (χ3v) is 4.59. The standard InChI is InChI=1S/C20H12Cl2O4/c21-16-6-3-12(8-17(16)22)11-25-14-4-5-15-18(9-14)26-19(20(15)23)10-13-2-1-7-24-13/h1-10H,11H2. The van der Waals surface area contributed by atoms with Crippen molar-refractivity contribution in [2.45, 2.75) is 6.61 Å². The number of halogens is 2. The molecule has 6 heteroatoms. The number of hydrogen-bond donors (Lipinski definition) is 0. The molecule has 0 saturated carbocycles. The van der Waals surface area contributed by atoms with Crippen LogP contribution in [0.3, 0.4) is 0 Å². The number of ether oxygens (including phenoxy) is 2. The Labute approximate surface area is 159 Å². The summed E-state index contributed by atoms with van der Waals surface area (Å²) in [5.74, 6) is 1.63. The fraction of sp³-hybridized carbons (Fsp3) is 0.0500. The van der Waals surface area contributed by atoms with Gasteiger partial charge in [-0.05, 0) is 42.0 Å². The molecule has 0 atom stereocenters. The molecule has 26 heavy (non-hydrogen) atoms. The molecule has 0 fully saturated rings. The van der Waals surface area contributed by atoms with Crippen LogP contribution in [0.25, 0.3) is 6.08 Å². The molecule has 0 spiro atoms. The van der Waals surface area contributed by atoms with E-state index in [1.54, 1.807) is 48.5 Å². The SMILES string of the molecule is O=C1C(=Cc2ccco2)Oc2cc(OCc3ccc(Cl)c(Cl)c3)ccc21. The molecule has 0 saturated heterocycles. The van der Waals surface area contributed by atoms with Gasteiger partial charge in [0.15, 0.2) is 5.76 Å². The van der Waals surface area contributed by atoms with Crippen molar-refractivity contribution in [2.75, 3.05) is 0 Å². The molecule has 0 N–H and O–H groups in total. The number of furan rings is 1. The molecule has 0 radical (unpaired) electrons. The second-order valence-corrected chi connectivity index (χ2v) is 6.46. The van der Waals surface area contributed by atoms with Crippen LogP contribution in [0.5, 0.6) is 11.5 Å². The van der Waals surface area contributed by atoms with Gasteiger partial charge in [-0.2, -0.15) is 0 Å². The van der Waals surface area contributed by atoms with Gasteiger partial charge in [-0.25, -0.2) is 0 Å². The van der Waals surface area contributed by atoms with E-state index in [9.17, 15) is 4.79 Å². The highest BCUT2D eigenvalue weighted by Crippen LogP contribution is 2.35. The predicted octanol–water partition coefficient (Wildman–Crippen LogP) is 5.78. The van der Waals surface area contributed by atoms with Gasteiger partial charge in [0.1, 0.15) is 23.9 Å². The van der Waals surface area contributed by atoms with E-state index in [2.05, 4.69) is 0 Å². The first-order chi connectivity index (χ1) is 12.6. The highest BCUT2D eigenvalue weighted by molar-refractivity contribution is 6.42. The van der Waals surface area contributed by atoms with Crippen molar-refractivity contribution >= 4 is 35.1 Å². The number of hydrogen-bond acceptors (Lipinski definition) is 4. The zero-order chi connectivity index (χ0) is 18.1. The zero-order valence-corrected chi connectivity index (χ0v) is 14.9. The number of Topliss-reactive ketones (excluding diaryl/α,β-unsaturated/α-hetero) is 1. The first-order valence-corrected chi connectivity index (χ1v) is 8.54. The average molecular weight is 387 g/mol. The molecular weight excluding hydrogens is 375 g/mol. The van der Waals surface area contributed by atoms with Crippen LogP contribution in [-0.4, -0.2) is 5.78 Å². The van der Waals surface area contributed by atoms with Gasteiger partial charge in [0.05, 0.1) is 21.9 Å². The van der Waals surface area contributed by atoms with Crippen molar-refractivity contribution in [3.8, 4) is 11.5 Å². The van der Waals surface area contributed by atoms with Crippen LogP contribution < -0.4 is 9.47 Å². The molecule has 1 aliphatic rings. The number of ketones is 1. The van der Waals surface area contributed by atoms with E-state index in [0.29, 0.717) is 39.5 Å². The van der Waals surface area contributed by atoms with Gasteiger partial charge in [0, 0.05) is 12.1 Å². The van der Waals surface area contributed by atoms with Crippen molar-refractivity contribution in [1.82, 2.24) is 0 Å². The van der Waals surface area contributed by atoms with Crippen molar-refractivity contribution in [3.63, 3.8) is 0 Å². The van der Waals surface area contributed by atoms with Crippen molar-refractivity contribution < 1.29 is 18.7 Å². The molecule has 0 bridgehead atoms. The monoisotopic (exact) mass is 386 g/mol. The normalized spacial score (nSPS) is 14.4. The first kappa shape index (κ1) is 16.8. The molecule has 1 aliphatic heterocycles. The molecule has 0 aliphatic carbocycles. The summed E-state index contributed by atoms with van der Waals surface area (Å²) in [6.45, 7) is 0.318. The van der Waals surface area contributed by atoms with E-state index < -0.39 is 0 Å². The fourth-order valence-corrected chi connectivity index (χ4v) is 2.88. The van der Waals surface area contributed by atoms with Crippen LogP contribution >= 0.6 is 23.2 Å². The number of rotatable bonds is 4. The summed E-state index contributed by atoms with van der Waals surface area (Å²) >= 11 is 11.9. The predicted molar refractivity (Wildman–Crippen MR) is 98.9 cm³/mol. The number of benzene rings is 2. The van der Waals surface area contributed by atoms with Crippen LogP contribution in [0, 0.1) is 0 Å². The molecule has 0 amide bonds. The summed E-state index contributed by atoms with van der Waals surface area (Å²) in [6, 6.07) is 13.9. The Balaban J connectivity index is 1.50. The molecule has 2 aromatic carbocycles. The minimum Gasteiger partial charge on any atom is -0.489 e. The van der Waals surface area contributed by atoms with Gasteiger partial charge >= 0.3 is 0 Å². The van der Waals surface area contributed by atoms with E-state index in [1.807, 2.05) is 6.07 Å². The maximum Gasteiger partial charge on any atom is 0.232 e. The molecule has 130 valence electrons. The second-order valence-electron chi connectivity index (χ2n) is 5.65. The Hall–Kier alpha value is -2.69. The van der Waals surface area contributed by atoms with Gasteiger partial charge < -0.3 is 13.9 Å². The Kier molecular flexibility index (Phi) is 4.45. The second kappa shape index (κ2) is 6.90. The van der Waals surface area contributed by atoms with Crippen LogP contribution in [0.1, 0.15) is 21.7 Å². The maximum absolute atomic E-state index is 12.4. The van der Waals surface area contributed by atoms with Gasteiger partial charge in [-0.15, -0.1) is 0 Å². The molecular formula is C20H12Cl2O4. The minimum absolute atomic E-state index is 0.188. The summed E-state index contributed by atoms with van der Waals surface area (Å²) in [7, 11) is 0. The number of carbonyl (C=O) groups excluding carboxylic acids is 1. The minimum atomic E-state index is -0.188. The molecule has 4 rings (SSSR count). The smallest absolute Gasteiger partial charge is 0.232 e. The van der Waals surface area contributed by atoms with Crippen molar-refractivity contribution in [3.05, 3.63) is 87.5 Å². The lowest BCUT2D eigenvalue weighted by Gasteiger charge is -2.08. The molecule has 1 aromatic heterocycles. The Morgan fingerprint density at radius 1 is 1.04 bits per heavy atom. The highest BCUT2D eigenvalue weighted by Gasteiger charge is 2.28. The number of fused-ring (bicyclic) bond motifs is 1. The van der Waals surface area contributed by atoms with Gasteiger partial charge in [0.2, 0.25) is 5.78 Å². The van der Waals surface area contributed by atoms with E-state index in [1.165, 1.54) is 6.26 Å². The quantitative estimate of drug-likeness (QED) is 0.533. The fourth-order valence-electron chi connectivity index (χ4n) is 2.56. The summed E-state index contributed by atoms with van der Waals surface area (Å²) in [6.07, 6.45) is 3.10. The Bertz CT molecular complexity index is 1010. The van der Waals surface area contributed by atoms with Gasteiger partial charge in [-0.1, -0.05) is 29.3 Å². The Morgan fingerprint density at radius 2 is 1.92 bits per heavy atom. The maximum atomic E-state index is 12.4. The number of allylic oxidation sites excluding steroid dienone is 1. The van der Waals surface area contributed by atoms with E-state index in [-0.39, 0.29) is 11.5 Å². The van der Waals surface area contributed by atoms with Gasteiger partial charge in [0.25, 0.3) is 0 Å². The third-order valence-electron chi connectivity index (χ3n) is 3.85. The molecule has 4 nitrogen and oxygen atoms in total. The summed E-state index contributed by atoms with van der Waals surface area (Å²) in [5, 5.41) is 0.971. The third kappa shape index (κ3) is 3.34. The lowest BCUT2D eigenvalue weighted by Crippen LogP contribution is -1.97. The van der Waals surface area contributed by atoms with Crippen LogP contribution in [-0.2, 0) is 6.61 Å². The summed E-state index contributed by atoms with van der Waals surface area (Å²) < 4.78 is 16.6. The topological polar surface area (TPSA) is 48.7 Å². The zero-order valence-electron chi connectivity index (χ0n) is 13.4. The lowest BCUT2D eigenvalue weighted by molar-refractivity contribution is 0.101. The molecule has 0 unspecified atom stereocenters. The van der Waals surface area contributed by atoms with Crippen molar-refractivity contribution in [1.29, 1.82) is 0 Å². The van der Waals surface area contributed by atoms with Crippen LogP contribution in [0.4, 0.5) is 0 Å². The van der Waals surface area contributed by atoms with Gasteiger partial charge in [-0.3, -0.25) is 4.79 Å². The average Bonchev–Trinajstić information content (AvgIpc) is 3.25. The van der Waals surface area contributed by atoms with E-state index >= 15 is 0 Å². The Morgan fingerprint density at radius 3 is 2.69 bits per heavy atom. The van der Waals surface area contributed by atoms with E-state index in [4.69, 9.17) is 37.1 Å². The summed E-state index contributed by atoms with van der Waals surface area (Å²) in [5.41, 5.74) is 1.37.